The van der Waals surface area contributed by atoms with Gasteiger partial charge in [-0.3, -0.25) is 14.4 Å². The summed E-state index contributed by atoms with van der Waals surface area (Å²) in [5, 5.41) is 14.3. The van der Waals surface area contributed by atoms with Crippen molar-refractivity contribution in [3.05, 3.63) is 29.6 Å². The second-order valence-electron chi connectivity index (χ2n) is 7.12. The molecule has 0 bridgehead atoms. The van der Waals surface area contributed by atoms with E-state index in [1.807, 2.05) is 4.90 Å². The number of hydrogen-bond acceptors (Lipinski definition) is 4. The van der Waals surface area contributed by atoms with E-state index in [0.29, 0.717) is 38.8 Å². The second-order valence-corrected chi connectivity index (χ2v) is 7.12. The van der Waals surface area contributed by atoms with E-state index >= 15 is 0 Å². The van der Waals surface area contributed by atoms with Gasteiger partial charge in [-0.05, 0) is 32.3 Å². The van der Waals surface area contributed by atoms with Crippen LogP contribution in [0.4, 0.5) is 0 Å². The number of allylic oxidation sites excluding steroid dienone is 1. The van der Waals surface area contributed by atoms with Gasteiger partial charge in [0.1, 0.15) is 0 Å². The van der Waals surface area contributed by atoms with Crippen molar-refractivity contribution in [3.8, 4) is 0 Å². The Morgan fingerprint density at radius 2 is 2.12 bits per heavy atom. The fourth-order valence-corrected chi connectivity index (χ4v) is 3.63. The first-order valence-electron chi connectivity index (χ1n) is 9.50. The van der Waals surface area contributed by atoms with Gasteiger partial charge in [0.05, 0.1) is 17.5 Å². The molecule has 1 aromatic rings. The molecule has 1 amide bonds. The summed E-state index contributed by atoms with van der Waals surface area (Å²) in [4.78, 5) is 16.7. The van der Waals surface area contributed by atoms with Crippen LogP contribution in [0.5, 0.6) is 0 Å². The van der Waals surface area contributed by atoms with Crippen LogP contribution in [-0.4, -0.2) is 62.9 Å². The minimum Gasteiger partial charge on any atom is -0.393 e. The molecule has 0 aliphatic carbocycles. The maximum Gasteiger partial charge on any atom is 0.222 e. The van der Waals surface area contributed by atoms with E-state index < -0.39 is 0 Å². The number of aromatic nitrogens is 2. The molecule has 0 radical (unpaired) electrons. The van der Waals surface area contributed by atoms with Crippen molar-refractivity contribution in [3.63, 3.8) is 0 Å². The van der Waals surface area contributed by atoms with Crippen molar-refractivity contribution >= 4 is 5.91 Å². The normalized spacial score (nSPS) is 20.0. The smallest absolute Gasteiger partial charge is 0.222 e. The molecule has 0 atom stereocenters. The maximum absolute atomic E-state index is 12.3. The van der Waals surface area contributed by atoms with E-state index in [2.05, 4.69) is 34.7 Å². The van der Waals surface area contributed by atoms with Crippen LogP contribution < -0.4 is 0 Å². The zero-order valence-corrected chi connectivity index (χ0v) is 15.2. The van der Waals surface area contributed by atoms with E-state index in [-0.39, 0.29) is 12.0 Å². The van der Waals surface area contributed by atoms with Gasteiger partial charge in [0.25, 0.3) is 0 Å². The third-order valence-electron chi connectivity index (χ3n) is 5.16. The van der Waals surface area contributed by atoms with Gasteiger partial charge in [-0.15, -0.1) is 0 Å². The molecule has 3 rings (SSSR count). The average Bonchev–Trinajstić information content (AvgIpc) is 2.89. The molecule has 138 valence electrons. The minimum atomic E-state index is -0.238. The lowest BCUT2D eigenvalue weighted by atomic mass is 10.1. The molecule has 0 saturated carbocycles. The lowest BCUT2D eigenvalue weighted by Crippen LogP contribution is -2.40. The standard InChI is InChI=1S/C19H30N4O2/c1-2-3-9-21-10-4-11-23-17(15-21)14-16(20-23)5-6-19(25)22-12-7-18(24)8-13-22/h2-3,14,18,24H,4-13,15H2,1H3/b3-2+. The molecular weight excluding hydrogens is 316 g/mol. The van der Waals surface area contributed by atoms with Crippen LogP contribution in [0.2, 0.25) is 0 Å². The predicted octanol–water partition coefficient (Wildman–Crippen LogP) is 1.58. The predicted molar refractivity (Wildman–Crippen MR) is 97.1 cm³/mol. The number of carbonyl (C=O) groups excluding carboxylic acids is 1. The first-order chi connectivity index (χ1) is 12.2. The van der Waals surface area contributed by atoms with Gasteiger partial charge >= 0.3 is 0 Å². The van der Waals surface area contributed by atoms with Gasteiger partial charge in [0.15, 0.2) is 0 Å². The lowest BCUT2D eigenvalue weighted by molar-refractivity contribution is -0.133. The van der Waals surface area contributed by atoms with Gasteiger partial charge in [0, 0.05) is 52.1 Å². The monoisotopic (exact) mass is 346 g/mol. The molecule has 0 aromatic carbocycles. The number of nitrogens with zero attached hydrogens (tertiary/aromatic N) is 4. The second kappa shape index (κ2) is 8.63. The summed E-state index contributed by atoms with van der Waals surface area (Å²) in [6.45, 7) is 7.38. The zero-order chi connectivity index (χ0) is 17.6. The Labute approximate surface area is 150 Å². The number of rotatable bonds is 5. The summed E-state index contributed by atoms with van der Waals surface area (Å²) >= 11 is 0. The maximum atomic E-state index is 12.3. The summed E-state index contributed by atoms with van der Waals surface area (Å²) in [6.07, 6.45) is 7.78. The van der Waals surface area contributed by atoms with Crippen LogP contribution in [0.25, 0.3) is 0 Å². The van der Waals surface area contributed by atoms with Crippen LogP contribution in [0.1, 0.15) is 44.0 Å². The number of aryl methyl sites for hydroxylation is 2. The number of carbonyl (C=O) groups is 1. The van der Waals surface area contributed by atoms with Crippen LogP contribution in [0, 0.1) is 0 Å². The van der Waals surface area contributed by atoms with Gasteiger partial charge in [-0.2, -0.15) is 5.10 Å². The van der Waals surface area contributed by atoms with E-state index in [9.17, 15) is 9.90 Å². The summed E-state index contributed by atoms with van der Waals surface area (Å²) in [5.41, 5.74) is 2.28. The number of hydrogen-bond donors (Lipinski definition) is 1. The molecule has 1 N–H and O–H groups in total. The topological polar surface area (TPSA) is 61.6 Å². The molecular formula is C19H30N4O2. The molecule has 6 nitrogen and oxygen atoms in total. The molecule has 6 heteroatoms. The summed E-state index contributed by atoms with van der Waals surface area (Å²) in [7, 11) is 0. The number of aliphatic hydroxyl groups excluding tert-OH is 1. The van der Waals surface area contributed by atoms with Gasteiger partial charge in [-0.25, -0.2) is 0 Å². The number of likely N-dealkylation sites (tertiary alicyclic amines) is 1. The average molecular weight is 346 g/mol. The Hall–Kier alpha value is -1.66. The molecule has 1 fully saturated rings. The van der Waals surface area contributed by atoms with Crippen LogP contribution in [0.15, 0.2) is 18.2 Å². The highest BCUT2D eigenvalue weighted by molar-refractivity contribution is 5.76. The first-order valence-corrected chi connectivity index (χ1v) is 9.50. The number of aliphatic hydroxyl groups is 1. The third-order valence-corrected chi connectivity index (χ3v) is 5.16. The fraction of sp³-hybridized carbons (Fsp3) is 0.684. The minimum absolute atomic E-state index is 0.185. The largest absolute Gasteiger partial charge is 0.393 e. The fourth-order valence-electron chi connectivity index (χ4n) is 3.63. The molecule has 2 aliphatic heterocycles. The molecule has 25 heavy (non-hydrogen) atoms. The van der Waals surface area contributed by atoms with Crippen LogP contribution >= 0.6 is 0 Å². The quantitative estimate of drug-likeness (QED) is 0.823. The van der Waals surface area contributed by atoms with E-state index in [1.165, 1.54) is 5.69 Å². The Morgan fingerprint density at radius 3 is 2.88 bits per heavy atom. The van der Waals surface area contributed by atoms with Crippen molar-refractivity contribution < 1.29 is 9.90 Å². The number of piperidine rings is 1. The van der Waals surface area contributed by atoms with Crippen molar-refractivity contribution in [1.29, 1.82) is 0 Å². The number of amides is 1. The van der Waals surface area contributed by atoms with Crippen molar-refractivity contribution in [1.82, 2.24) is 19.6 Å². The highest BCUT2D eigenvalue weighted by Gasteiger charge is 2.22. The van der Waals surface area contributed by atoms with Crippen LogP contribution in [-0.2, 0) is 24.3 Å². The number of fused-ring (bicyclic) bond motifs is 1. The zero-order valence-electron chi connectivity index (χ0n) is 15.2. The van der Waals surface area contributed by atoms with E-state index in [0.717, 1.165) is 38.3 Å². The van der Waals surface area contributed by atoms with Crippen molar-refractivity contribution in [2.75, 3.05) is 26.2 Å². The molecule has 2 aliphatic rings. The molecule has 1 saturated heterocycles. The summed E-state index contributed by atoms with van der Waals surface area (Å²) in [6, 6.07) is 2.17. The molecule has 3 heterocycles. The van der Waals surface area contributed by atoms with Gasteiger partial charge < -0.3 is 10.0 Å². The van der Waals surface area contributed by atoms with Crippen LogP contribution in [0.3, 0.4) is 0 Å². The Bertz CT molecular complexity index is 603. The Kier molecular flexibility index (Phi) is 6.26. The first kappa shape index (κ1) is 18.1. The van der Waals surface area contributed by atoms with E-state index in [4.69, 9.17) is 5.10 Å². The van der Waals surface area contributed by atoms with Crippen molar-refractivity contribution in [2.24, 2.45) is 0 Å². The third kappa shape index (κ3) is 4.92. The summed E-state index contributed by atoms with van der Waals surface area (Å²) < 4.78 is 2.12. The van der Waals surface area contributed by atoms with Gasteiger partial charge in [0.2, 0.25) is 5.91 Å². The van der Waals surface area contributed by atoms with Crippen molar-refractivity contribution in [2.45, 2.75) is 58.2 Å². The van der Waals surface area contributed by atoms with Gasteiger partial charge in [-0.1, -0.05) is 12.2 Å². The molecule has 1 aromatic heterocycles. The SMILES string of the molecule is C/C=C/CN1CCCn2nc(CCC(=O)N3CCC(O)CC3)cc2C1. The summed E-state index contributed by atoms with van der Waals surface area (Å²) in [5.74, 6) is 0.185. The Morgan fingerprint density at radius 1 is 1.32 bits per heavy atom. The lowest BCUT2D eigenvalue weighted by Gasteiger charge is -2.29. The van der Waals surface area contributed by atoms with E-state index in [1.54, 1.807) is 0 Å². The Balaban J connectivity index is 1.53. The highest BCUT2D eigenvalue weighted by atomic mass is 16.3. The highest BCUT2D eigenvalue weighted by Crippen LogP contribution is 2.16. The molecule has 0 unspecified atom stereocenters. The molecule has 0 spiro atoms.